The van der Waals surface area contributed by atoms with Crippen LogP contribution in [0.3, 0.4) is 0 Å². The van der Waals surface area contributed by atoms with Gasteiger partial charge >= 0.3 is 0 Å². The van der Waals surface area contributed by atoms with Crippen LogP contribution in [0.5, 0.6) is 5.75 Å². The Balaban J connectivity index is 1.80. The quantitative estimate of drug-likeness (QED) is 0.592. The third-order valence-electron chi connectivity index (χ3n) is 3.51. The van der Waals surface area contributed by atoms with E-state index in [4.69, 9.17) is 21.1 Å². The van der Waals surface area contributed by atoms with E-state index in [9.17, 15) is 0 Å². The summed E-state index contributed by atoms with van der Waals surface area (Å²) in [6.45, 7) is 7.08. The molecule has 1 aromatic rings. The van der Waals surface area contributed by atoms with E-state index < -0.39 is 0 Å². The first-order chi connectivity index (χ1) is 11.2. The van der Waals surface area contributed by atoms with Crippen LogP contribution in [-0.2, 0) is 4.74 Å². The van der Waals surface area contributed by atoms with Gasteiger partial charge in [0.2, 0.25) is 0 Å². The average molecular weight is 340 g/mol. The molecular weight excluding hydrogens is 314 g/mol. The predicted octanol–water partition coefficient (Wildman–Crippen LogP) is 2.84. The van der Waals surface area contributed by atoms with E-state index in [-0.39, 0.29) is 6.10 Å². The number of halogens is 1. The summed E-state index contributed by atoms with van der Waals surface area (Å²) in [6, 6.07) is 7.41. The summed E-state index contributed by atoms with van der Waals surface area (Å²) >= 11 is 5.96. The third kappa shape index (κ3) is 6.67. The molecule has 1 fully saturated rings. The summed E-state index contributed by atoms with van der Waals surface area (Å²) < 4.78 is 11.4. The van der Waals surface area contributed by atoms with E-state index >= 15 is 0 Å². The molecule has 0 spiro atoms. The SMILES string of the molecule is CCNC(=NCC(C)Oc1cccc(Cl)c1)NCC1CCCO1. The van der Waals surface area contributed by atoms with Crippen LogP contribution in [0.25, 0.3) is 0 Å². The van der Waals surface area contributed by atoms with Crippen molar-refractivity contribution in [1.82, 2.24) is 10.6 Å². The van der Waals surface area contributed by atoms with Crippen molar-refractivity contribution in [2.75, 3.05) is 26.2 Å². The first-order valence-electron chi connectivity index (χ1n) is 8.23. The maximum atomic E-state index is 5.96. The Labute approximate surface area is 143 Å². The summed E-state index contributed by atoms with van der Waals surface area (Å²) in [7, 11) is 0. The van der Waals surface area contributed by atoms with Gasteiger partial charge in [-0.1, -0.05) is 17.7 Å². The van der Waals surface area contributed by atoms with Crippen molar-refractivity contribution in [3.05, 3.63) is 29.3 Å². The van der Waals surface area contributed by atoms with Gasteiger partial charge in [-0.2, -0.15) is 0 Å². The van der Waals surface area contributed by atoms with Crippen molar-refractivity contribution in [1.29, 1.82) is 0 Å². The predicted molar refractivity (Wildman–Crippen MR) is 94.5 cm³/mol. The molecule has 1 aliphatic heterocycles. The molecule has 5 nitrogen and oxygen atoms in total. The summed E-state index contributed by atoms with van der Waals surface area (Å²) in [5, 5.41) is 7.24. The molecule has 0 amide bonds. The number of hydrogen-bond donors (Lipinski definition) is 2. The first-order valence-corrected chi connectivity index (χ1v) is 8.61. The van der Waals surface area contributed by atoms with Gasteiger partial charge in [-0.3, -0.25) is 0 Å². The minimum Gasteiger partial charge on any atom is -0.489 e. The van der Waals surface area contributed by atoms with Gasteiger partial charge in [0, 0.05) is 24.7 Å². The van der Waals surface area contributed by atoms with Gasteiger partial charge in [-0.25, -0.2) is 4.99 Å². The normalized spacial score (nSPS) is 19.4. The Bertz CT molecular complexity index is 504. The Morgan fingerprint density at radius 3 is 3.04 bits per heavy atom. The molecule has 6 heteroatoms. The number of ether oxygens (including phenoxy) is 2. The number of nitrogens with one attached hydrogen (secondary N) is 2. The van der Waals surface area contributed by atoms with Crippen molar-refractivity contribution in [3.63, 3.8) is 0 Å². The lowest BCUT2D eigenvalue weighted by atomic mass is 10.2. The summed E-state index contributed by atoms with van der Waals surface area (Å²) in [6.07, 6.45) is 2.51. The monoisotopic (exact) mass is 339 g/mol. The van der Waals surface area contributed by atoms with E-state index in [1.54, 1.807) is 0 Å². The molecule has 1 aromatic carbocycles. The standard InChI is InChI=1S/C17H26ClN3O2/c1-3-19-17(21-12-16-8-5-9-22-16)20-11-13(2)23-15-7-4-6-14(18)10-15/h4,6-7,10,13,16H,3,5,8-9,11-12H2,1-2H3,(H2,19,20,21). The van der Waals surface area contributed by atoms with Crippen molar-refractivity contribution < 1.29 is 9.47 Å². The molecule has 0 radical (unpaired) electrons. The second kappa shape index (κ2) is 9.63. The van der Waals surface area contributed by atoms with Gasteiger partial charge in [0.15, 0.2) is 5.96 Å². The van der Waals surface area contributed by atoms with E-state index in [1.165, 1.54) is 0 Å². The van der Waals surface area contributed by atoms with Gasteiger partial charge in [0.25, 0.3) is 0 Å². The van der Waals surface area contributed by atoms with Crippen LogP contribution in [0.2, 0.25) is 5.02 Å². The highest BCUT2D eigenvalue weighted by Gasteiger charge is 2.15. The van der Waals surface area contributed by atoms with Gasteiger partial charge in [0.1, 0.15) is 11.9 Å². The van der Waals surface area contributed by atoms with E-state index in [0.29, 0.717) is 17.7 Å². The lowest BCUT2D eigenvalue weighted by Gasteiger charge is -2.17. The molecule has 1 saturated heterocycles. The van der Waals surface area contributed by atoms with Crippen molar-refractivity contribution >= 4 is 17.6 Å². The van der Waals surface area contributed by atoms with Crippen LogP contribution in [-0.4, -0.2) is 44.4 Å². The molecule has 2 atom stereocenters. The number of hydrogen-bond acceptors (Lipinski definition) is 3. The molecule has 1 heterocycles. The Morgan fingerprint density at radius 2 is 2.35 bits per heavy atom. The average Bonchev–Trinajstić information content (AvgIpc) is 3.03. The van der Waals surface area contributed by atoms with Crippen LogP contribution >= 0.6 is 11.6 Å². The zero-order valence-corrected chi connectivity index (χ0v) is 14.6. The van der Waals surface area contributed by atoms with Crippen LogP contribution in [0, 0.1) is 0 Å². The van der Waals surface area contributed by atoms with E-state index in [2.05, 4.69) is 22.5 Å². The summed E-state index contributed by atoms with van der Waals surface area (Å²) in [4.78, 5) is 4.57. The second-order valence-corrected chi connectivity index (χ2v) is 6.06. The van der Waals surface area contributed by atoms with Gasteiger partial charge in [-0.05, 0) is 44.9 Å². The smallest absolute Gasteiger partial charge is 0.191 e. The minimum atomic E-state index is -0.0355. The van der Waals surface area contributed by atoms with Crippen LogP contribution in [0.15, 0.2) is 29.3 Å². The van der Waals surface area contributed by atoms with Crippen molar-refractivity contribution in [3.8, 4) is 5.75 Å². The maximum absolute atomic E-state index is 5.96. The van der Waals surface area contributed by atoms with Crippen molar-refractivity contribution in [2.45, 2.75) is 38.9 Å². The molecule has 2 unspecified atom stereocenters. The zero-order chi connectivity index (χ0) is 16.5. The first kappa shape index (κ1) is 17.9. The molecule has 23 heavy (non-hydrogen) atoms. The summed E-state index contributed by atoms with van der Waals surface area (Å²) in [5.74, 6) is 1.56. The highest BCUT2D eigenvalue weighted by molar-refractivity contribution is 6.30. The van der Waals surface area contributed by atoms with Gasteiger partial charge < -0.3 is 20.1 Å². The van der Waals surface area contributed by atoms with E-state index in [1.807, 2.05) is 31.2 Å². The van der Waals surface area contributed by atoms with Gasteiger partial charge in [-0.15, -0.1) is 0 Å². The molecule has 2 rings (SSSR count). The van der Waals surface area contributed by atoms with Crippen molar-refractivity contribution in [2.24, 2.45) is 4.99 Å². The molecular formula is C17H26ClN3O2. The van der Waals surface area contributed by atoms with Gasteiger partial charge in [0.05, 0.1) is 12.6 Å². The number of guanidine groups is 1. The molecule has 1 aliphatic rings. The fraction of sp³-hybridized carbons (Fsp3) is 0.588. The second-order valence-electron chi connectivity index (χ2n) is 5.62. The molecule has 128 valence electrons. The highest BCUT2D eigenvalue weighted by Crippen LogP contribution is 2.18. The number of benzene rings is 1. The maximum Gasteiger partial charge on any atom is 0.191 e. The zero-order valence-electron chi connectivity index (χ0n) is 13.8. The van der Waals surface area contributed by atoms with Crippen LogP contribution in [0.4, 0.5) is 0 Å². The Kier molecular flexibility index (Phi) is 7.49. The minimum absolute atomic E-state index is 0.0355. The molecule has 0 bridgehead atoms. The largest absolute Gasteiger partial charge is 0.489 e. The van der Waals surface area contributed by atoms with Crippen LogP contribution in [0.1, 0.15) is 26.7 Å². The molecule has 0 aliphatic carbocycles. The molecule has 2 N–H and O–H groups in total. The van der Waals surface area contributed by atoms with Crippen LogP contribution < -0.4 is 15.4 Å². The Hall–Kier alpha value is -1.46. The number of rotatable bonds is 7. The number of nitrogens with zero attached hydrogens (tertiary/aromatic N) is 1. The fourth-order valence-electron chi connectivity index (χ4n) is 2.39. The molecule has 0 aromatic heterocycles. The molecule has 0 saturated carbocycles. The summed E-state index contributed by atoms with van der Waals surface area (Å²) in [5.41, 5.74) is 0. The lowest BCUT2D eigenvalue weighted by Crippen LogP contribution is -2.41. The number of aliphatic imine (C=N–C) groups is 1. The lowest BCUT2D eigenvalue weighted by molar-refractivity contribution is 0.113. The third-order valence-corrected chi connectivity index (χ3v) is 3.74. The fourth-order valence-corrected chi connectivity index (χ4v) is 2.57. The topological polar surface area (TPSA) is 54.9 Å². The highest BCUT2D eigenvalue weighted by atomic mass is 35.5. The Morgan fingerprint density at radius 1 is 1.48 bits per heavy atom. The van der Waals surface area contributed by atoms with E-state index in [0.717, 1.165) is 44.2 Å².